The monoisotopic (exact) mass is 322 g/mol. The van der Waals surface area contributed by atoms with E-state index in [1.165, 1.54) is 0 Å². The molecule has 0 aliphatic carbocycles. The maximum Gasteiger partial charge on any atom is 0.0894 e. The minimum absolute atomic E-state index is 0.867. The van der Waals surface area contributed by atoms with Gasteiger partial charge in [-0.2, -0.15) is 0 Å². The molecule has 5 aromatic rings. The normalized spacial score (nSPS) is 11.2. The fraction of sp³-hybridized carbons (Fsp3) is 0. The minimum Gasteiger partial charge on any atom is -0.361 e. The number of para-hydroxylation sites is 2. The van der Waals surface area contributed by atoms with Gasteiger partial charge >= 0.3 is 0 Å². The lowest BCUT2D eigenvalue weighted by Gasteiger charge is -2.06. The lowest BCUT2D eigenvalue weighted by molar-refractivity contribution is 1.29. The van der Waals surface area contributed by atoms with Crippen LogP contribution in [0.5, 0.6) is 0 Å². The van der Waals surface area contributed by atoms with Gasteiger partial charge in [0.1, 0.15) is 0 Å². The number of aromatic nitrogens is 4. The Bertz CT molecular complexity index is 1190. The molecule has 3 heterocycles. The highest BCUT2D eigenvalue weighted by molar-refractivity contribution is 5.87. The van der Waals surface area contributed by atoms with Crippen molar-refractivity contribution in [1.29, 1.82) is 0 Å². The van der Waals surface area contributed by atoms with E-state index in [1.54, 1.807) is 0 Å². The average molecular weight is 322 g/mol. The summed E-state index contributed by atoms with van der Waals surface area (Å²) in [5.74, 6) is 0. The molecule has 3 aromatic heterocycles. The SMILES string of the molecule is c1c[nH]c(-c2cnc3ccc(-c4cnc5ccccc5n4)cc3c2)c1. The Balaban J connectivity index is 1.65. The van der Waals surface area contributed by atoms with Gasteiger partial charge in [-0.25, -0.2) is 4.98 Å². The van der Waals surface area contributed by atoms with E-state index >= 15 is 0 Å². The van der Waals surface area contributed by atoms with E-state index < -0.39 is 0 Å². The molecule has 0 aliphatic rings. The Kier molecular flexibility index (Phi) is 3.07. The van der Waals surface area contributed by atoms with Crippen LogP contribution in [-0.4, -0.2) is 19.9 Å². The fourth-order valence-corrected chi connectivity index (χ4v) is 3.04. The number of nitrogens with zero attached hydrogens (tertiary/aromatic N) is 3. The number of H-pyrrole nitrogens is 1. The van der Waals surface area contributed by atoms with Gasteiger partial charge in [0, 0.05) is 34.6 Å². The molecule has 0 radical (unpaired) electrons. The molecule has 5 rings (SSSR count). The number of rotatable bonds is 2. The van der Waals surface area contributed by atoms with Crippen LogP contribution in [0.25, 0.3) is 44.5 Å². The highest BCUT2D eigenvalue weighted by Gasteiger charge is 2.06. The number of hydrogen-bond acceptors (Lipinski definition) is 3. The predicted molar refractivity (Wildman–Crippen MR) is 100 cm³/mol. The zero-order valence-electron chi connectivity index (χ0n) is 13.3. The predicted octanol–water partition coefficient (Wildman–Crippen LogP) is 4.84. The first kappa shape index (κ1) is 13.9. The molecular weight excluding hydrogens is 308 g/mol. The summed E-state index contributed by atoms with van der Waals surface area (Å²) in [6, 6.07) is 20.3. The number of hydrogen-bond donors (Lipinski definition) is 1. The van der Waals surface area contributed by atoms with Crippen molar-refractivity contribution in [3.05, 3.63) is 79.3 Å². The van der Waals surface area contributed by atoms with Crippen LogP contribution in [0, 0.1) is 0 Å². The third-order valence-corrected chi connectivity index (χ3v) is 4.33. The van der Waals surface area contributed by atoms with Gasteiger partial charge in [-0.3, -0.25) is 9.97 Å². The molecule has 1 N–H and O–H groups in total. The van der Waals surface area contributed by atoms with Gasteiger partial charge in [0.15, 0.2) is 0 Å². The van der Waals surface area contributed by atoms with E-state index in [2.05, 4.69) is 27.1 Å². The van der Waals surface area contributed by atoms with E-state index in [4.69, 9.17) is 4.98 Å². The molecule has 0 spiro atoms. The van der Waals surface area contributed by atoms with Gasteiger partial charge < -0.3 is 4.98 Å². The number of fused-ring (bicyclic) bond motifs is 2. The highest BCUT2D eigenvalue weighted by Crippen LogP contribution is 2.26. The summed E-state index contributed by atoms with van der Waals surface area (Å²) in [6.45, 7) is 0. The van der Waals surface area contributed by atoms with E-state index in [0.717, 1.165) is 44.5 Å². The second kappa shape index (κ2) is 5.53. The Hall–Kier alpha value is -3.53. The van der Waals surface area contributed by atoms with Crippen molar-refractivity contribution in [2.75, 3.05) is 0 Å². The Morgan fingerprint density at radius 1 is 0.680 bits per heavy atom. The molecule has 0 atom stereocenters. The molecule has 4 nitrogen and oxygen atoms in total. The lowest BCUT2D eigenvalue weighted by atomic mass is 10.1. The van der Waals surface area contributed by atoms with Crippen LogP contribution in [0.1, 0.15) is 0 Å². The standard InChI is InChI=1S/C21H14N4/c1-2-5-20-19(4-1)24-13-21(25-20)14-7-8-18-15(10-14)11-16(12-23-18)17-6-3-9-22-17/h1-13,22H. The van der Waals surface area contributed by atoms with Crippen molar-refractivity contribution >= 4 is 21.9 Å². The molecule has 0 fully saturated rings. The van der Waals surface area contributed by atoms with Crippen LogP contribution >= 0.6 is 0 Å². The van der Waals surface area contributed by atoms with Crippen LogP contribution in [0.2, 0.25) is 0 Å². The third-order valence-electron chi connectivity index (χ3n) is 4.33. The molecule has 2 aromatic carbocycles. The first-order valence-electron chi connectivity index (χ1n) is 8.12. The third kappa shape index (κ3) is 2.44. The molecule has 25 heavy (non-hydrogen) atoms. The van der Waals surface area contributed by atoms with Crippen LogP contribution in [0.15, 0.2) is 79.3 Å². The Morgan fingerprint density at radius 2 is 1.52 bits per heavy atom. The molecule has 0 saturated carbocycles. The Morgan fingerprint density at radius 3 is 2.40 bits per heavy atom. The van der Waals surface area contributed by atoms with Crippen molar-refractivity contribution < 1.29 is 0 Å². The summed E-state index contributed by atoms with van der Waals surface area (Å²) in [4.78, 5) is 17.0. The molecule has 0 unspecified atom stereocenters. The zero-order valence-corrected chi connectivity index (χ0v) is 13.3. The molecule has 4 heteroatoms. The maximum absolute atomic E-state index is 4.74. The van der Waals surface area contributed by atoms with Crippen LogP contribution in [0.4, 0.5) is 0 Å². The molecule has 0 bridgehead atoms. The maximum atomic E-state index is 4.74. The van der Waals surface area contributed by atoms with Crippen LogP contribution < -0.4 is 0 Å². The largest absolute Gasteiger partial charge is 0.361 e. The van der Waals surface area contributed by atoms with E-state index in [9.17, 15) is 0 Å². The van der Waals surface area contributed by atoms with E-state index in [1.807, 2.05) is 67.1 Å². The molecule has 0 aliphatic heterocycles. The number of nitrogens with one attached hydrogen (secondary N) is 1. The molecule has 0 saturated heterocycles. The van der Waals surface area contributed by atoms with Gasteiger partial charge in [0.2, 0.25) is 0 Å². The summed E-state index contributed by atoms with van der Waals surface area (Å²) in [7, 11) is 0. The van der Waals surface area contributed by atoms with Crippen molar-refractivity contribution in [3.63, 3.8) is 0 Å². The van der Waals surface area contributed by atoms with Crippen molar-refractivity contribution in [2.24, 2.45) is 0 Å². The summed E-state index contributed by atoms with van der Waals surface area (Å²) >= 11 is 0. The van der Waals surface area contributed by atoms with Crippen molar-refractivity contribution in [1.82, 2.24) is 19.9 Å². The smallest absolute Gasteiger partial charge is 0.0894 e. The van der Waals surface area contributed by atoms with Gasteiger partial charge in [0.25, 0.3) is 0 Å². The first-order chi connectivity index (χ1) is 12.4. The molecule has 118 valence electrons. The average Bonchev–Trinajstić information content (AvgIpc) is 3.21. The molecule has 0 amide bonds. The van der Waals surface area contributed by atoms with E-state index in [-0.39, 0.29) is 0 Å². The van der Waals surface area contributed by atoms with Crippen molar-refractivity contribution in [2.45, 2.75) is 0 Å². The summed E-state index contributed by atoms with van der Waals surface area (Å²) in [5.41, 5.74) is 6.81. The Labute approximate surface area is 144 Å². The fourth-order valence-electron chi connectivity index (χ4n) is 3.04. The van der Waals surface area contributed by atoms with Crippen molar-refractivity contribution in [3.8, 4) is 22.5 Å². The number of aromatic amines is 1. The lowest BCUT2D eigenvalue weighted by Crippen LogP contribution is -1.89. The number of pyridine rings is 1. The second-order valence-electron chi connectivity index (χ2n) is 5.96. The van der Waals surface area contributed by atoms with Gasteiger partial charge in [-0.1, -0.05) is 18.2 Å². The minimum atomic E-state index is 0.867. The van der Waals surface area contributed by atoms with Crippen LogP contribution in [-0.2, 0) is 0 Å². The number of benzene rings is 2. The summed E-state index contributed by atoms with van der Waals surface area (Å²) in [5, 5.41) is 1.08. The molecular formula is C21H14N4. The van der Waals surface area contributed by atoms with Crippen LogP contribution in [0.3, 0.4) is 0 Å². The second-order valence-corrected chi connectivity index (χ2v) is 5.96. The first-order valence-corrected chi connectivity index (χ1v) is 8.12. The zero-order chi connectivity index (χ0) is 16.6. The highest BCUT2D eigenvalue weighted by atomic mass is 14.8. The van der Waals surface area contributed by atoms with Gasteiger partial charge in [-0.05, 0) is 42.5 Å². The van der Waals surface area contributed by atoms with Gasteiger partial charge in [-0.15, -0.1) is 0 Å². The topological polar surface area (TPSA) is 54.5 Å². The van der Waals surface area contributed by atoms with Gasteiger partial charge in [0.05, 0.1) is 28.4 Å². The quantitative estimate of drug-likeness (QED) is 0.506. The summed E-state index contributed by atoms with van der Waals surface area (Å²) < 4.78 is 0. The van der Waals surface area contributed by atoms with E-state index in [0.29, 0.717) is 0 Å². The summed E-state index contributed by atoms with van der Waals surface area (Å²) in [6.07, 6.45) is 5.63.